The molecular formula is C33H25ClF3N3O4. The van der Waals surface area contributed by atoms with Crippen molar-refractivity contribution < 1.29 is 32.2 Å². The van der Waals surface area contributed by atoms with Crippen molar-refractivity contribution in [2.45, 2.75) is 19.5 Å². The summed E-state index contributed by atoms with van der Waals surface area (Å²) in [5, 5.41) is 5.43. The van der Waals surface area contributed by atoms with Crippen LogP contribution in [0.25, 0.3) is 22.0 Å². The van der Waals surface area contributed by atoms with E-state index in [1.807, 2.05) is 43.3 Å². The molecule has 0 radical (unpaired) electrons. The van der Waals surface area contributed by atoms with Gasteiger partial charge in [-0.3, -0.25) is 4.79 Å². The summed E-state index contributed by atoms with van der Waals surface area (Å²) in [7, 11) is 1.34. The third-order valence-corrected chi connectivity index (χ3v) is 7.20. The standard InChI is InChI=1S/C33H25ClF3N3O4/c1-3-20-8-7-12-24-28(23-11-4-5-13-25(23)34)30(39-29(20)24)31(41)40-38-18-19-14-15-26(27(16-19)43-2)44-32(42)21-9-6-10-22(17-21)33(35,36)37/h4-18,39H,3H2,1-2H3,(H,40,41). The fourth-order valence-corrected chi connectivity index (χ4v) is 4.97. The predicted octanol–water partition coefficient (Wildman–Crippen LogP) is 8.06. The molecule has 44 heavy (non-hydrogen) atoms. The van der Waals surface area contributed by atoms with E-state index in [1.165, 1.54) is 31.5 Å². The molecule has 1 heterocycles. The van der Waals surface area contributed by atoms with Crippen LogP contribution in [0.15, 0.2) is 90.0 Å². The zero-order valence-corrected chi connectivity index (χ0v) is 24.2. The third-order valence-electron chi connectivity index (χ3n) is 6.87. The minimum atomic E-state index is -4.60. The Hall–Kier alpha value is -5.09. The average molecular weight is 620 g/mol. The van der Waals surface area contributed by atoms with Crippen molar-refractivity contribution in [3.8, 4) is 22.6 Å². The Balaban J connectivity index is 1.36. The first-order chi connectivity index (χ1) is 21.1. The number of ether oxygens (including phenoxy) is 2. The van der Waals surface area contributed by atoms with Crippen LogP contribution in [0.1, 0.15) is 44.5 Å². The van der Waals surface area contributed by atoms with E-state index in [-0.39, 0.29) is 17.1 Å². The topological polar surface area (TPSA) is 92.8 Å². The summed E-state index contributed by atoms with van der Waals surface area (Å²) < 4.78 is 49.7. The maximum atomic E-state index is 13.4. The Kier molecular flexibility index (Phi) is 8.73. The molecule has 5 rings (SSSR count). The molecule has 11 heteroatoms. The van der Waals surface area contributed by atoms with Crippen LogP contribution in [0.3, 0.4) is 0 Å². The van der Waals surface area contributed by atoms with Gasteiger partial charge >= 0.3 is 12.1 Å². The first-order valence-electron chi connectivity index (χ1n) is 13.4. The van der Waals surface area contributed by atoms with Crippen LogP contribution >= 0.6 is 11.6 Å². The van der Waals surface area contributed by atoms with E-state index in [4.69, 9.17) is 21.1 Å². The Bertz CT molecular complexity index is 1900. The highest BCUT2D eigenvalue weighted by Crippen LogP contribution is 2.38. The number of alkyl halides is 3. The van der Waals surface area contributed by atoms with Gasteiger partial charge in [0.2, 0.25) is 0 Å². The second-order valence-corrected chi connectivity index (χ2v) is 10.0. The van der Waals surface area contributed by atoms with Crippen LogP contribution in [0.5, 0.6) is 11.5 Å². The molecule has 5 aromatic rings. The summed E-state index contributed by atoms with van der Waals surface area (Å²) >= 11 is 6.52. The number of carbonyl (C=O) groups is 2. The Labute approximate surface area is 255 Å². The molecule has 0 aliphatic heterocycles. The number of methoxy groups -OCH3 is 1. The summed E-state index contributed by atoms with van der Waals surface area (Å²) in [6, 6.07) is 21.5. The van der Waals surface area contributed by atoms with E-state index in [1.54, 1.807) is 12.1 Å². The van der Waals surface area contributed by atoms with E-state index in [2.05, 4.69) is 15.5 Å². The molecule has 0 spiro atoms. The lowest BCUT2D eigenvalue weighted by Gasteiger charge is -2.11. The molecular weight excluding hydrogens is 595 g/mol. The number of nitrogens with zero attached hydrogens (tertiary/aromatic N) is 1. The number of H-pyrrole nitrogens is 1. The molecule has 4 aromatic carbocycles. The lowest BCUT2D eigenvalue weighted by molar-refractivity contribution is -0.137. The maximum Gasteiger partial charge on any atom is 0.416 e. The van der Waals surface area contributed by atoms with E-state index >= 15 is 0 Å². The number of amides is 1. The van der Waals surface area contributed by atoms with Gasteiger partial charge in [-0.2, -0.15) is 18.3 Å². The van der Waals surface area contributed by atoms with Crippen molar-refractivity contribution in [3.63, 3.8) is 0 Å². The lowest BCUT2D eigenvalue weighted by atomic mass is 9.99. The SMILES string of the molecule is CCc1cccc2c(-c3ccccc3Cl)c(C(=O)NN=Cc3ccc(OC(=O)c4cccc(C(F)(F)F)c4)c(OC)c3)[nH]c12. The van der Waals surface area contributed by atoms with Gasteiger partial charge in [0.25, 0.3) is 5.91 Å². The van der Waals surface area contributed by atoms with Crippen molar-refractivity contribution in [2.75, 3.05) is 7.11 Å². The molecule has 0 unspecified atom stereocenters. The van der Waals surface area contributed by atoms with Gasteiger partial charge in [-0.1, -0.05) is 61.0 Å². The van der Waals surface area contributed by atoms with Crippen molar-refractivity contribution >= 4 is 40.6 Å². The molecule has 0 aliphatic carbocycles. The Morgan fingerprint density at radius 1 is 0.977 bits per heavy atom. The van der Waals surface area contributed by atoms with Gasteiger partial charge in [0, 0.05) is 27.1 Å². The van der Waals surface area contributed by atoms with Gasteiger partial charge in [0.1, 0.15) is 5.69 Å². The first-order valence-corrected chi connectivity index (χ1v) is 13.8. The van der Waals surface area contributed by atoms with Crippen LogP contribution in [0, 0.1) is 0 Å². The van der Waals surface area contributed by atoms with Gasteiger partial charge < -0.3 is 14.5 Å². The normalized spacial score (nSPS) is 11.6. The summed E-state index contributed by atoms with van der Waals surface area (Å²) in [6.45, 7) is 2.03. The summed E-state index contributed by atoms with van der Waals surface area (Å²) in [5.74, 6) is -1.36. The maximum absolute atomic E-state index is 13.4. The highest BCUT2D eigenvalue weighted by molar-refractivity contribution is 6.34. The molecule has 2 N–H and O–H groups in total. The minimum Gasteiger partial charge on any atom is -0.493 e. The summed E-state index contributed by atoms with van der Waals surface area (Å²) in [6.07, 6.45) is -2.48. The monoisotopic (exact) mass is 619 g/mol. The molecule has 0 fully saturated rings. The van der Waals surface area contributed by atoms with Gasteiger partial charge in [-0.05, 0) is 60.0 Å². The number of halogens is 4. The number of hydrogen-bond donors (Lipinski definition) is 2. The largest absolute Gasteiger partial charge is 0.493 e. The number of fused-ring (bicyclic) bond motifs is 1. The second-order valence-electron chi connectivity index (χ2n) is 9.63. The number of carbonyl (C=O) groups excluding carboxylic acids is 2. The van der Waals surface area contributed by atoms with Gasteiger partial charge in [0.15, 0.2) is 11.5 Å². The van der Waals surface area contributed by atoms with Crippen molar-refractivity contribution in [3.05, 3.63) is 118 Å². The fraction of sp³-hybridized carbons (Fsp3) is 0.121. The number of aromatic nitrogens is 1. The first kappa shape index (κ1) is 30.4. The number of para-hydroxylation sites is 1. The average Bonchev–Trinajstić information content (AvgIpc) is 3.41. The number of aryl methyl sites for hydroxylation is 1. The Morgan fingerprint density at radius 3 is 2.48 bits per heavy atom. The third kappa shape index (κ3) is 6.30. The van der Waals surface area contributed by atoms with Gasteiger partial charge in [0.05, 0.1) is 24.5 Å². The molecule has 1 amide bonds. The smallest absolute Gasteiger partial charge is 0.416 e. The minimum absolute atomic E-state index is 0.00900. The number of aromatic amines is 1. The van der Waals surface area contributed by atoms with Crippen molar-refractivity contribution in [1.82, 2.24) is 10.4 Å². The van der Waals surface area contributed by atoms with Crippen LogP contribution in [-0.2, 0) is 12.6 Å². The van der Waals surface area contributed by atoms with Crippen LogP contribution in [0.2, 0.25) is 5.02 Å². The molecule has 0 aliphatic rings. The number of hydrazone groups is 1. The molecule has 0 atom stereocenters. The molecule has 1 aromatic heterocycles. The Morgan fingerprint density at radius 2 is 1.75 bits per heavy atom. The molecule has 7 nitrogen and oxygen atoms in total. The number of benzene rings is 4. The lowest BCUT2D eigenvalue weighted by Crippen LogP contribution is -2.19. The van der Waals surface area contributed by atoms with Crippen LogP contribution in [0.4, 0.5) is 13.2 Å². The number of nitrogens with one attached hydrogen (secondary N) is 2. The summed E-state index contributed by atoms with van der Waals surface area (Å²) in [5.41, 5.74) is 5.30. The number of rotatable bonds is 8. The van der Waals surface area contributed by atoms with Crippen LogP contribution < -0.4 is 14.9 Å². The summed E-state index contributed by atoms with van der Waals surface area (Å²) in [4.78, 5) is 29.2. The number of esters is 1. The van der Waals surface area contributed by atoms with Crippen molar-refractivity contribution in [2.24, 2.45) is 5.10 Å². The van der Waals surface area contributed by atoms with E-state index in [0.717, 1.165) is 35.0 Å². The molecule has 0 saturated heterocycles. The highest BCUT2D eigenvalue weighted by atomic mass is 35.5. The molecule has 0 saturated carbocycles. The van der Waals surface area contributed by atoms with Gasteiger partial charge in [-0.25, -0.2) is 10.2 Å². The zero-order valence-electron chi connectivity index (χ0n) is 23.5. The van der Waals surface area contributed by atoms with E-state index in [9.17, 15) is 22.8 Å². The fourth-order valence-electron chi connectivity index (χ4n) is 4.74. The zero-order chi connectivity index (χ0) is 31.4. The quantitative estimate of drug-likeness (QED) is 0.0795. The second kappa shape index (κ2) is 12.6. The molecule has 0 bridgehead atoms. The molecule has 224 valence electrons. The van der Waals surface area contributed by atoms with E-state index < -0.39 is 23.6 Å². The van der Waals surface area contributed by atoms with Crippen LogP contribution in [-0.4, -0.2) is 30.2 Å². The van der Waals surface area contributed by atoms with Gasteiger partial charge in [-0.15, -0.1) is 0 Å². The van der Waals surface area contributed by atoms with E-state index in [0.29, 0.717) is 33.5 Å². The highest BCUT2D eigenvalue weighted by Gasteiger charge is 2.31. The number of hydrogen-bond acceptors (Lipinski definition) is 5. The predicted molar refractivity (Wildman–Crippen MR) is 163 cm³/mol. The van der Waals surface area contributed by atoms with Crippen molar-refractivity contribution in [1.29, 1.82) is 0 Å².